The minimum absolute atomic E-state index is 0.133. The summed E-state index contributed by atoms with van der Waals surface area (Å²) in [6.07, 6.45) is -0.133. The van der Waals surface area contributed by atoms with Gasteiger partial charge in [0.2, 0.25) is 0 Å². The first-order valence-electron chi connectivity index (χ1n) is 5.07. The number of hydrogen-bond donors (Lipinski definition) is 3. The van der Waals surface area contributed by atoms with Crippen molar-refractivity contribution in [1.82, 2.24) is 0 Å². The lowest BCUT2D eigenvalue weighted by atomic mass is 10.2. The molecule has 0 aliphatic heterocycles. The number of methoxy groups -OCH3 is 1. The van der Waals surface area contributed by atoms with E-state index in [1.54, 1.807) is 6.07 Å². The normalized spacial score (nSPS) is 11.9. The van der Waals surface area contributed by atoms with Crippen LogP contribution >= 0.6 is 0 Å². The smallest absolute Gasteiger partial charge is 0.304 e. The van der Waals surface area contributed by atoms with E-state index in [0.29, 0.717) is 5.69 Å². The number of anilines is 1. The van der Waals surface area contributed by atoms with Gasteiger partial charge in [0, 0.05) is 24.3 Å². The van der Waals surface area contributed by atoms with Crippen molar-refractivity contribution in [3.8, 4) is 5.75 Å². The number of nitrogens with two attached hydrogens (primary N) is 1. The van der Waals surface area contributed by atoms with Gasteiger partial charge in [-0.2, -0.15) is 0 Å². The molecule has 0 aliphatic rings. The fourth-order valence-corrected chi connectivity index (χ4v) is 1.32. The summed E-state index contributed by atoms with van der Waals surface area (Å²) < 4.78 is 18.1. The fraction of sp³-hybridized carbons (Fsp3) is 0.364. The van der Waals surface area contributed by atoms with Crippen molar-refractivity contribution in [2.75, 3.05) is 19.0 Å². The van der Waals surface area contributed by atoms with Crippen LogP contribution in [0, 0.1) is 5.82 Å². The molecule has 0 saturated carbocycles. The molecule has 0 fully saturated rings. The maximum absolute atomic E-state index is 13.3. The molecule has 1 unspecified atom stereocenters. The molecular formula is C11H15FN2O3. The zero-order chi connectivity index (χ0) is 12.8. The summed E-state index contributed by atoms with van der Waals surface area (Å²) in [6, 6.07) is 3.87. The van der Waals surface area contributed by atoms with E-state index in [2.05, 4.69) is 5.32 Å². The summed E-state index contributed by atoms with van der Waals surface area (Å²) in [7, 11) is 1.38. The van der Waals surface area contributed by atoms with Crippen molar-refractivity contribution in [2.24, 2.45) is 5.73 Å². The molecule has 1 aromatic rings. The predicted octanol–water partition coefficient (Wildman–Crippen LogP) is 1.05. The van der Waals surface area contributed by atoms with Crippen molar-refractivity contribution in [1.29, 1.82) is 0 Å². The third-order valence-corrected chi connectivity index (χ3v) is 2.16. The van der Waals surface area contributed by atoms with Gasteiger partial charge in [-0.25, -0.2) is 4.39 Å². The number of carbonyl (C=O) groups is 1. The molecule has 5 nitrogen and oxygen atoms in total. The van der Waals surface area contributed by atoms with Crippen LogP contribution in [0.1, 0.15) is 6.42 Å². The standard InChI is InChI=1S/C11H15FN2O3/c1-17-10-3-2-8(5-9(10)12)14-6-7(13)4-11(15)16/h2-3,5,7,14H,4,6,13H2,1H3,(H,15,16). The lowest BCUT2D eigenvalue weighted by Crippen LogP contribution is -2.31. The first kappa shape index (κ1) is 13.2. The number of nitrogens with one attached hydrogen (secondary N) is 1. The summed E-state index contributed by atoms with van der Waals surface area (Å²) >= 11 is 0. The van der Waals surface area contributed by atoms with Gasteiger partial charge in [-0.15, -0.1) is 0 Å². The fourth-order valence-electron chi connectivity index (χ4n) is 1.32. The Labute approximate surface area is 98.4 Å². The predicted molar refractivity (Wildman–Crippen MR) is 61.7 cm³/mol. The van der Waals surface area contributed by atoms with E-state index < -0.39 is 17.8 Å². The molecule has 0 radical (unpaired) electrons. The molecule has 17 heavy (non-hydrogen) atoms. The highest BCUT2D eigenvalue weighted by Crippen LogP contribution is 2.20. The molecule has 1 atom stereocenters. The molecule has 6 heteroatoms. The van der Waals surface area contributed by atoms with Crippen LogP contribution in [0.3, 0.4) is 0 Å². The summed E-state index contributed by atoms with van der Waals surface area (Å²) in [5.41, 5.74) is 6.09. The van der Waals surface area contributed by atoms with Crippen LogP contribution in [-0.4, -0.2) is 30.8 Å². The molecular weight excluding hydrogens is 227 g/mol. The number of ether oxygens (including phenoxy) is 1. The van der Waals surface area contributed by atoms with E-state index in [4.69, 9.17) is 15.6 Å². The number of aliphatic carboxylic acids is 1. The van der Waals surface area contributed by atoms with Gasteiger partial charge in [0.25, 0.3) is 0 Å². The molecule has 0 aliphatic carbocycles. The van der Waals surface area contributed by atoms with Gasteiger partial charge in [-0.05, 0) is 12.1 Å². The molecule has 0 bridgehead atoms. The molecule has 0 aromatic heterocycles. The summed E-state index contributed by atoms with van der Waals surface area (Å²) in [5.74, 6) is -1.28. The largest absolute Gasteiger partial charge is 0.494 e. The minimum atomic E-state index is -0.958. The van der Waals surface area contributed by atoms with Crippen molar-refractivity contribution >= 4 is 11.7 Å². The molecule has 0 amide bonds. The van der Waals surface area contributed by atoms with Gasteiger partial charge >= 0.3 is 5.97 Å². The minimum Gasteiger partial charge on any atom is -0.494 e. The Hall–Kier alpha value is -1.82. The SMILES string of the molecule is COc1ccc(NCC(N)CC(=O)O)cc1F. The Morgan fingerprint density at radius 3 is 2.88 bits per heavy atom. The van der Waals surface area contributed by atoms with Gasteiger partial charge in [0.1, 0.15) is 0 Å². The topological polar surface area (TPSA) is 84.6 Å². The van der Waals surface area contributed by atoms with Crippen molar-refractivity contribution in [2.45, 2.75) is 12.5 Å². The zero-order valence-electron chi connectivity index (χ0n) is 9.44. The van der Waals surface area contributed by atoms with Crippen LogP contribution in [0.2, 0.25) is 0 Å². The quantitative estimate of drug-likeness (QED) is 0.694. The summed E-state index contributed by atoms with van der Waals surface area (Å²) in [5, 5.41) is 11.4. The molecule has 94 valence electrons. The molecule has 4 N–H and O–H groups in total. The Morgan fingerprint density at radius 2 is 2.35 bits per heavy atom. The molecule has 1 aromatic carbocycles. The van der Waals surface area contributed by atoms with E-state index in [0.717, 1.165) is 0 Å². The Bertz CT molecular complexity index is 398. The first-order valence-corrected chi connectivity index (χ1v) is 5.07. The lowest BCUT2D eigenvalue weighted by Gasteiger charge is -2.12. The molecule has 0 heterocycles. The summed E-state index contributed by atoms with van der Waals surface area (Å²) in [6.45, 7) is 0.262. The maximum Gasteiger partial charge on any atom is 0.304 e. The number of benzene rings is 1. The summed E-state index contributed by atoms with van der Waals surface area (Å²) in [4.78, 5) is 10.4. The number of carboxylic acids is 1. The highest BCUT2D eigenvalue weighted by atomic mass is 19.1. The second-order valence-corrected chi connectivity index (χ2v) is 3.59. The Morgan fingerprint density at radius 1 is 1.65 bits per heavy atom. The van der Waals surface area contributed by atoms with Gasteiger partial charge in [-0.3, -0.25) is 4.79 Å². The average Bonchev–Trinajstić information content (AvgIpc) is 2.25. The first-order chi connectivity index (χ1) is 8.02. The van der Waals surface area contributed by atoms with Crippen molar-refractivity contribution in [3.05, 3.63) is 24.0 Å². The van der Waals surface area contributed by atoms with Crippen molar-refractivity contribution < 1.29 is 19.0 Å². The molecule has 0 spiro atoms. The second-order valence-electron chi connectivity index (χ2n) is 3.59. The highest BCUT2D eigenvalue weighted by Gasteiger charge is 2.08. The van der Waals surface area contributed by atoms with E-state index in [1.807, 2.05) is 0 Å². The van der Waals surface area contributed by atoms with Crippen LogP contribution in [0.5, 0.6) is 5.75 Å². The van der Waals surface area contributed by atoms with E-state index in [9.17, 15) is 9.18 Å². The number of carboxylic acid groups (broad SMARTS) is 1. The Kier molecular flexibility index (Phi) is 4.71. The van der Waals surface area contributed by atoms with Gasteiger partial charge in [-0.1, -0.05) is 0 Å². The molecule has 1 rings (SSSR count). The van der Waals surface area contributed by atoms with E-state index in [-0.39, 0.29) is 18.7 Å². The van der Waals surface area contributed by atoms with Crippen LogP contribution in [-0.2, 0) is 4.79 Å². The van der Waals surface area contributed by atoms with E-state index in [1.165, 1.54) is 19.2 Å². The third-order valence-electron chi connectivity index (χ3n) is 2.16. The maximum atomic E-state index is 13.3. The van der Waals surface area contributed by atoms with Gasteiger partial charge in [0.15, 0.2) is 11.6 Å². The lowest BCUT2D eigenvalue weighted by molar-refractivity contribution is -0.137. The van der Waals surface area contributed by atoms with Crippen molar-refractivity contribution in [3.63, 3.8) is 0 Å². The van der Waals surface area contributed by atoms with Crippen LogP contribution in [0.4, 0.5) is 10.1 Å². The Balaban J connectivity index is 2.52. The number of hydrogen-bond acceptors (Lipinski definition) is 4. The second kappa shape index (κ2) is 6.05. The van der Waals surface area contributed by atoms with Gasteiger partial charge < -0.3 is 20.9 Å². The monoisotopic (exact) mass is 242 g/mol. The van der Waals surface area contributed by atoms with Crippen LogP contribution in [0.15, 0.2) is 18.2 Å². The van der Waals surface area contributed by atoms with E-state index >= 15 is 0 Å². The third kappa shape index (κ3) is 4.28. The number of halogens is 1. The zero-order valence-corrected chi connectivity index (χ0v) is 9.44. The number of rotatable bonds is 6. The van der Waals surface area contributed by atoms with Crippen LogP contribution in [0.25, 0.3) is 0 Å². The van der Waals surface area contributed by atoms with Crippen LogP contribution < -0.4 is 15.8 Å². The molecule has 0 saturated heterocycles. The average molecular weight is 242 g/mol. The highest BCUT2D eigenvalue weighted by molar-refractivity contribution is 5.67. The van der Waals surface area contributed by atoms with Gasteiger partial charge in [0.05, 0.1) is 13.5 Å².